The maximum absolute atomic E-state index is 3.47. The molecule has 0 saturated heterocycles. The number of hydrogen-bond acceptors (Lipinski definition) is 1. The molecular formula is C12H23N. The molecule has 0 aromatic heterocycles. The maximum atomic E-state index is 3.47. The van der Waals surface area contributed by atoms with E-state index in [0.717, 1.165) is 6.54 Å². The minimum atomic E-state index is 1.16. The van der Waals surface area contributed by atoms with Crippen LogP contribution in [0.5, 0.6) is 0 Å². The fraction of sp³-hybridized carbons (Fsp3) is 0.833. The largest absolute Gasteiger partial charge is 0.316 e. The van der Waals surface area contributed by atoms with Crippen LogP contribution in [0.2, 0.25) is 0 Å². The van der Waals surface area contributed by atoms with Crippen molar-refractivity contribution >= 4 is 0 Å². The summed E-state index contributed by atoms with van der Waals surface area (Å²) in [6, 6.07) is 0. The third-order valence-electron chi connectivity index (χ3n) is 2.63. The normalized spacial score (nSPS) is 25.2. The highest BCUT2D eigenvalue weighted by Crippen LogP contribution is 2.07. The van der Waals surface area contributed by atoms with E-state index in [2.05, 4.69) is 17.5 Å². The van der Waals surface area contributed by atoms with Crippen molar-refractivity contribution in [3.8, 4) is 0 Å². The highest BCUT2D eigenvalue weighted by molar-refractivity contribution is 4.82. The summed E-state index contributed by atoms with van der Waals surface area (Å²) in [5.41, 5.74) is 0. The van der Waals surface area contributed by atoms with Crippen molar-refractivity contribution in [2.45, 2.75) is 51.4 Å². The van der Waals surface area contributed by atoms with Gasteiger partial charge in [0.2, 0.25) is 0 Å². The van der Waals surface area contributed by atoms with Crippen LogP contribution in [0.1, 0.15) is 51.4 Å². The second-order valence-electron chi connectivity index (χ2n) is 3.92. The molecule has 0 fully saturated rings. The predicted molar refractivity (Wildman–Crippen MR) is 58.9 cm³/mol. The second kappa shape index (κ2) is 8.31. The first-order chi connectivity index (χ1) is 6.50. The van der Waals surface area contributed by atoms with Crippen molar-refractivity contribution in [1.29, 1.82) is 0 Å². The van der Waals surface area contributed by atoms with Gasteiger partial charge >= 0.3 is 0 Å². The van der Waals surface area contributed by atoms with E-state index in [-0.39, 0.29) is 0 Å². The highest BCUT2D eigenvalue weighted by Gasteiger charge is 1.92. The lowest BCUT2D eigenvalue weighted by Gasteiger charge is -2.02. The summed E-state index contributed by atoms with van der Waals surface area (Å²) in [5, 5.41) is 3.47. The van der Waals surface area contributed by atoms with Gasteiger partial charge in [0, 0.05) is 0 Å². The molecule has 0 aromatic rings. The van der Waals surface area contributed by atoms with Gasteiger partial charge in [-0.2, -0.15) is 0 Å². The lowest BCUT2D eigenvalue weighted by Crippen LogP contribution is -2.15. The van der Waals surface area contributed by atoms with Crippen molar-refractivity contribution in [2.75, 3.05) is 13.1 Å². The van der Waals surface area contributed by atoms with Crippen LogP contribution in [0.25, 0.3) is 0 Å². The smallest absolute Gasteiger partial charge is 0.00143 e. The third kappa shape index (κ3) is 6.83. The van der Waals surface area contributed by atoms with E-state index >= 15 is 0 Å². The van der Waals surface area contributed by atoms with E-state index in [1.54, 1.807) is 0 Å². The average Bonchev–Trinajstić information content (AvgIpc) is 2.18. The molecule has 1 nitrogen and oxygen atoms in total. The Morgan fingerprint density at radius 2 is 1.31 bits per heavy atom. The monoisotopic (exact) mass is 181 g/mol. The predicted octanol–water partition coefficient (Wildman–Crippen LogP) is 3.27. The topological polar surface area (TPSA) is 12.0 Å². The molecule has 1 aliphatic heterocycles. The summed E-state index contributed by atoms with van der Waals surface area (Å²) < 4.78 is 0. The standard InChI is InChI=1S/C12H23N/c1-2-4-6-8-10-12-13-11-9-7-5-3-1/h5,7,13H,1-4,6,8-12H2/b7-5-. The van der Waals surface area contributed by atoms with E-state index < -0.39 is 0 Å². The molecule has 0 radical (unpaired) electrons. The number of nitrogens with one attached hydrogen (secondary N) is 1. The van der Waals surface area contributed by atoms with Gasteiger partial charge in [0.15, 0.2) is 0 Å². The van der Waals surface area contributed by atoms with Crippen molar-refractivity contribution in [1.82, 2.24) is 5.32 Å². The molecule has 0 bridgehead atoms. The van der Waals surface area contributed by atoms with Gasteiger partial charge in [-0.3, -0.25) is 0 Å². The van der Waals surface area contributed by atoms with Gasteiger partial charge in [-0.25, -0.2) is 0 Å². The third-order valence-corrected chi connectivity index (χ3v) is 2.63. The molecule has 13 heavy (non-hydrogen) atoms. The van der Waals surface area contributed by atoms with Crippen LogP contribution in [0.15, 0.2) is 12.2 Å². The summed E-state index contributed by atoms with van der Waals surface area (Å²) in [4.78, 5) is 0. The van der Waals surface area contributed by atoms with E-state index in [1.165, 1.54) is 57.9 Å². The first-order valence-electron chi connectivity index (χ1n) is 5.86. The van der Waals surface area contributed by atoms with Gasteiger partial charge in [-0.15, -0.1) is 0 Å². The van der Waals surface area contributed by atoms with Crippen LogP contribution in [0.4, 0.5) is 0 Å². The first kappa shape index (κ1) is 10.8. The number of hydrogen-bond donors (Lipinski definition) is 1. The van der Waals surface area contributed by atoms with Crippen LogP contribution < -0.4 is 5.32 Å². The quantitative estimate of drug-likeness (QED) is 0.566. The first-order valence-corrected chi connectivity index (χ1v) is 5.86. The van der Waals surface area contributed by atoms with E-state index in [0.29, 0.717) is 0 Å². The molecule has 1 heteroatoms. The Morgan fingerprint density at radius 1 is 0.615 bits per heavy atom. The number of rotatable bonds is 0. The molecule has 76 valence electrons. The van der Waals surface area contributed by atoms with Gasteiger partial charge in [-0.05, 0) is 38.8 Å². The maximum Gasteiger partial charge on any atom is -0.00143 e. The van der Waals surface area contributed by atoms with Crippen LogP contribution >= 0.6 is 0 Å². The van der Waals surface area contributed by atoms with Crippen LogP contribution in [0, 0.1) is 0 Å². The van der Waals surface area contributed by atoms with E-state index in [9.17, 15) is 0 Å². The molecule has 0 amide bonds. The summed E-state index contributed by atoms with van der Waals surface area (Å²) in [5.74, 6) is 0. The van der Waals surface area contributed by atoms with Crippen LogP contribution in [-0.2, 0) is 0 Å². The Balaban J connectivity index is 2.09. The van der Waals surface area contributed by atoms with E-state index in [4.69, 9.17) is 0 Å². The Labute approximate surface area is 82.6 Å². The van der Waals surface area contributed by atoms with Gasteiger partial charge in [0.1, 0.15) is 0 Å². The molecule has 0 unspecified atom stereocenters. The summed E-state index contributed by atoms with van der Waals surface area (Å²) in [7, 11) is 0. The molecule has 1 heterocycles. The van der Waals surface area contributed by atoms with Gasteiger partial charge < -0.3 is 5.32 Å². The summed E-state index contributed by atoms with van der Waals surface area (Å²) >= 11 is 0. The van der Waals surface area contributed by atoms with Crippen LogP contribution in [-0.4, -0.2) is 13.1 Å². The van der Waals surface area contributed by atoms with Crippen molar-refractivity contribution in [3.63, 3.8) is 0 Å². The Bertz CT molecular complexity index is 115. The zero-order chi connectivity index (χ0) is 9.19. The Morgan fingerprint density at radius 3 is 2.23 bits per heavy atom. The van der Waals surface area contributed by atoms with Crippen molar-refractivity contribution in [2.24, 2.45) is 0 Å². The van der Waals surface area contributed by atoms with Gasteiger partial charge in [0.05, 0.1) is 0 Å². The van der Waals surface area contributed by atoms with Gasteiger partial charge in [0.25, 0.3) is 0 Å². The zero-order valence-corrected chi connectivity index (χ0v) is 8.73. The lowest BCUT2D eigenvalue weighted by atomic mass is 10.1. The molecule has 1 aliphatic rings. The zero-order valence-electron chi connectivity index (χ0n) is 8.73. The molecule has 0 atom stereocenters. The molecule has 0 aromatic carbocycles. The highest BCUT2D eigenvalue weighted by atomic mass is 14.8. The minimum Gasteiger partial charge on any atom is -0.316 e. The molecule has 0 saturated carbocycles. The van der Waals surface area contributed by atoms with Crippen molar-refractivity contribution in [3.05, 3.63) is 12.2 Å². The molecule has 1 N–H and O–H groups in total. The Hall–Kier alpha value is -0.300. The summed E-state index contributed by atoms with van der Waals surface area (Å²) in [6.45, 7) is 2.38. The van der Waals surface area contributed by atoms with Crippen molar-refractivity contribution < 1.29 is 0 Å². The fourth-order valence-electron chi connectivity index (χ4n) is 1.77. The lowest BCUT2D eigenvalue weighted by molar-refractivity contribution is 0.572. The second-order valence-corrected chi connectivity index (χ2v) is 3.92. The molecular weight excluding hydrogens is 158 g/mol. The molecule has 0 aliphatic carbocycles. The minimum absolute atomic E-state index is 1.16. The SMILES string of the molecule is C1=C\CCNCCCCCCCC/1. The van der Waals surface area contributed by atoms with Gasteiger partial charge in [-0.1, -0.05) is 37.8 Å². The number of allylic oxidation sites excluding steroid dienone is 1. The Kier molecular flexibility index (Phi) is 6.89. The fourth-order valence-corrected chi connectivity index (χ4v) is 1.77. The van der Waals surface area contributed by atoms with E-state index in [1.807, 2.05) is 0 Å². The average molecular weight is 181 g/mol. The summed E-state index contributed by atoms with van der Waals surface area (Å²) in [6.07, 6.45) is 15.6. The molecule has 1 rings (SSSR count). The van der Waals surface area contributed by atoms with Crippen LogP contribution in [0.3, 0.4) is 0 Å². The molecule has 0 spiro atoms.